The molecule has 22 heavy (non-hydrogen) atoms. The summed E-state index contributed by atoms with van der Waals surface area (Å²) in [5, 5.41) is -5.25. The van der Waals surface area contributed by atoms with Gasteiger partial charge in [0.15, 0.2) is 5.16 Å². The summed E-state index contributed by atoms with van der Waals surface area (Å²) in [7, 11) is 0. The summed E-state index contributed by atoms with van der Waals surface area (Å²) in [5.41, 5.74) is -6.78. The third-order valence-corrected chi connectivity index (χ3v) is 4.17. The highest BCUT2D eigenvalue weighted by Crippen LogP contribution is 2.45. The normalized spacial score (nSPS) is 16.0. The fourth-order valence-corrected chi connectivity index (χ4v) is 2.64. The van der Waals surface area contributed by atoms with Crippen molar-refractivity contribution in [2.75, 3.05) is 0 Å². The lowest BCUT2D eigenvalue weighted by atomic mass is 10.3. The van der Waals surface area contributed by atoms with E-state index < -0.39 is 39.5 Å². The summed E-state index contributed by atoms with van der Waals surface area (Å²) in [5.74, 6) is 0. The summed E-state index contributed by atoms with van der Waals surface area (Å²) in [6, 6.07) is 0.737. The molecule has 0 saturated carbocycles. The van der Waals surface area contributed by atoms with Crippen molar-refractivity contribution in [2.24, 2.45) is 0 Å². The Labute approximate surface area is 134 Å². The molecule has 2 nitrogen and oxygen atoms in total. The second-order valence-corrected chi connectivity index (χ2v) is 5.95. The average molecular weight is 383 g/mol. The van der Waals surface area contributed by atoms with Crippen LogP contribution >= 0.6 is 35.0 Å². The number of aromatic nitrogens is 2. The number of para-hydroxylation sites is 2. The van der Waals surface area contributed by atoms with Crippen LogP contribution in [0.4, 0.5) is 26.3 Å². The molecule has 0 aliphatic heterocycles. The van der Waals surface area contributed by atoms with Crippen molar-refractivity contribution >= 4 is 46.0 Å². The highest BCUT2D eigenvalue weighted by Gasteiger charge is 2.48. The van der Waals surface area contributed by atoms with Gasteiger partial charge in [-0.25, -0.2) is 13.8 Å². The second kappa shape index (κ2) is 6.01. The Balaban J connectivity index is 2.64. The topological polar surface area (TPSA) is 17.8 Å². The van der Waals surface area contributed by atoms with Crippen molar-refractivity contribution in [2.45, 2.75) is 27.7 Å². The maximum Gasteiger partial charge on any atom is 0.376 e. The first-order valence-electron chi connectivity index (χ1n) is 5.56. The SMILES string of the molecule is FC(Cl)C(F)(F)Sc1nc2ccccc2n1C(F)(F)C(F)Cl. The van der Waals surface area contributed by atoms with E-state index in [-0.39, 0.29) is 15.6 Å². The van der Waals surface area contributed by atoms with Gasteiger partial charge < -0.3 is 0 Å². The predicted molar refractivity (Wildman–Crippen MR) is 72.2 cm³/mol. The van der Waals surface area contributed by atoms with Crippen LogP contribution in [0.2, 0.25) is 0 Å². The molecule has 1 aromatic carbocycles. The summed E-state index contributed by atoms with van der Waals surface area (Å²) in [6.45, 7) is 0. The van der Waals surface area contributed by atoms with Crippen LogP contribution in [0.25, 0.3) is 11.0 Å². The maximum atomic E-state index is 13.9. The minimum atomic E-state index is -4.37. The zero-order chi connectivity index (χ0) is 16.7. The molecule has 0 aliphatic carbocycles. The quantitative estimate of drug-likeness (QED) is 0.394. The van der Waals surface area contributed by atoms with E-state index in [0.717, 1.165) is 6.07 Å². The van der Waals surface area contributed by atoms with E-state index >= 15 is 0 Å². The Morgan fingerprint density at radius 2 is 1.64 bits per heavy atom. The summed E-state index contributed by atoms with van der Waals surface area (Å²) >= 11 is 8.85. The Morgan fingerprint density at radius 3 is 2.18 bits per heavy atom. The van der Waals surface area contributed by atoms with Crippen LogP contribution in [0.5, 0.6) is 0 Å². The molecule has 0 radical (unpaired) electrons. The molecule has 0 aliphatic rings. The van der Waals surface area contributed by atoms with Crippen molar-refractivity contribution < 1.29 is 26.3 Å². The standard InChI is InChI=1S/C11H6Cl2F6N2S/c12-7(14)10(16,17)21-6-4-2-1-3-5(6)20-9(21)22-11(18,19)8(13)15/h1-4,7-8H. The summed E-state index contributed by atoms with van der Waals surface area (Å²) in [4.78, 5) is 3.54. The zero-order valence-electron chi connectivity index (χ0n) is 10.3. The number of benzene rings is 1. The summed E-state index contributed by atoms with van der Waals surface area (Å²) in [6.07, 6.45) is 0. The summed E-state index contributed by atoms with van der Waals surface area (Å²) < 4.78 is 80.1. The number of halogens is 8. The van der Waals surface area contributed by atoms with Crippen LogP contribution in [0.1, 0.15) is 0 Å². The number of rotatable bonds is 5. The molecular formula is C11H6Cl2F6N2S. The number of nitrogens with zero attached hydrogens (tertiary/aromatic N) is 2. The Hall–Kier alpha value is -0.800. The minimum absolute atomic E-state index is 0.0994. The number of thioether (sulfide) groups is 1. The van der Waals surface area contributed by atoms with E-state index in [1.807, 2.05) is 0 Å². The Morgan fingerprint density at radius 1 is 1.05 bits per heavy atom. The third kappa shape index (κ3) is 3.11. The molecule has 122 valence electrons. The molecule has 0 bridgehead atoms. The first-order valence-corrected chi connectivity index (χ1v) is 7.25. The lowest BCUT2D eigenvalue weighted by Crippen LogP contribution is -2.32. The molecule has 2 rings (SSSR count). The molecule has 2 unspecified atom stereocenters. The number of hydrogen-bond donors (Lipinski definition) is 0. The Kier molecular flexibility index (Phi) is 4.79. The molecule has 0 amide bonds. The molecule has 1 heterocycles. The van der Waals surface area contributed by atoms with Crippen LogP contribution in [-0.4, -0.2) is 26.1 Å². The van der Waals surface area contributed by atoms with E-state index in [2.05, 4.69) is 16.6 Å². The monoisotopic (exact) mass is 382 g/mol. The van der Waals surface area contributed by atoms with Gasteiger partial charge in [-0.15, -0.1) is 0 Å². The van der Waals surface area contributed by atoms with Crippen LogP contribution in [-0.2, 0) is 6.05 Å². The average Bonchev–Trinajstić information content (AvgIpc) is 2.75. The number of alkyl halides is 8. The molecule has 2 atom stereocenters. The molecule has 0 saturated heterocycles. The van der Waals surface area contributed by atoms with Crippen molar-refractivity contribution in [3.05, 3.63) is 24.3 Å². The molecule has 1 aromatic heterocycles. The minimum Gasteiger partial charge on any atom is -0.255 e. The number of hydrogen-bond acceptors (Lipinski definition) is 2. The fourth-order valence-electron chi connectivity index (χ4n) is 1.62. The number of imidazole rings is 1. The van der Waals surface area contributed by atoms with Gasteiger partial charge in [0, 0.05) is 0 Å². The van der Waals surface area contributed by atoms with Crippen molar-refractivity contribution in [1.82, 2.24) is 9.55 Å². The predicted octanol–water partition coefficient (Wildman–Crippen LogP) is 5.34. The van der Waals surface area contributed by atoms with Crippen LogP contribution in [0.15, 0.2) is 29.4 Å². The zero-order valence-corrected chi connectivity index (χ0v) is 12.6. The van der Waals surface area contributed by atoms with Crippen molar-refractivity contribution in [3.8, 4) is 0 Å². The highest BCUT2D eigenvalue weighted by molar-refractivity contribution is 8.00. The first kappa shape index (κ1) is 17.6. The fraction of sp³-hybridized carbons (Fsp3) is 0.364. The van der Waals surface area contributed by atoms with E-state index in [4.69, 9.17) is 11.6 Å². The van der Waals surface area contributed by atoms with Crippen LogP contribution < -0.4 is 0 Å². The van der Waals surface area contributed by atoms with Gasteiger partial charge in [-0.05, 0) is 23.9 Å². The molecule has 2 aromatic rings. The van der Waals surface area contributed by atoms with Gasteiger partial charge in [0.25, 0.3) is 5.63 Å². The van der Waals surface area contributed by atoms with Gasteiger partial charge in [-0.2, -0.15) is 17.6 Å². The van der Waals surface area contributed by atoms with Crippen molar-refractivity contribution in [3.63, 3.8) is 0 Å². The maximum absolute atomic E-state index is 13.9. The lowest BCUT2D eigenvalue weighted by molar-refractivity contribution is -0.118. The molecule has 0 N–H and O–H groups in total. The highest BCUT2D eigenvalue weighted by atomic mass is 35.5. The van der Waals surface area contributed by atoms with E-state index in [0.29, 0.717) is 0 Å². The van der Waals surface area contributed by atoms with E-state index in [1.165, 1.54) is 18.2 Å². The van der Waals surface area contributed by atoms with Gasteiger partial charge in [0.05, 0.1) is 11.0 Å². The molecule has 0 fully saturated rings. The smallest absolute Gasteiger partial charge is 0.255 e. The largest absolute Gasteiger partial charge is 0.376 e. The molecular weight excluding hydrogens is 377 g/mol. The second-order valence-electron chi connectivity index (χ2n) is 4.07. The van der Waals surface area contributed by atoms with Crippen LogP contribution in [0.3, 0.4) is 0 Å². The van der Waals surface area contributed by atoms with Crippen LogP contribution in [0, 0.1) is 0 Å². The van der Waals surface area contributed by atoms with Gasteiger partial charge in [0.1, 0.15) is 0 Å². The van der Waals surface area contributed by atoms with E-state index in [1.54, 1.807) is 0 Å². The number of fused-ring (bicyclic) bond motifs is 1. The third-order valence-electron chi connectivity index (χ3n) is 2.57. The van der Waals surface area contributed by atoms with Gasteiger partial charge in [-0.1, -0.05) is 35.3 Å². The van der Waals surface area contributed by atoms with E-state index in [9.17, 15) is 26.3 Å². The lowest BCUT2D eigenvalue weighted by Gasteiger charge is -2.22. The van der Waals surface area contributed by atoms with Gasteiger partial charge in [-0.3, -0.25) is 4.57 Å². The van der Waals surface area contributed by atoms with Gasteiger partial charge >= 0.3 is 11.3 Å². The molecule has 11 heteroatoms. The Bertz CT molecular complexity index is 676. The van der Waals surface area contributed by atoms with Gasteiger partial charge in [0.2, 0.25) is 5.63 Å². The molecule has 0 spiro atoms. The first-order chi connectivity index (χ1) is 10.1. The van der Waals surface area contributed by atoms with Crippen molar-refractivity contribution in [1.29, 1.82) is 0 Å².